The maximum atomic E-state index is 12.6. The van der Waals surface area contributed by atoms with Gasteiger partial charge in [0, 0.05) is 0 Å². The van der Waals surface area contributed by atoms with Crippen LogP contribution in [0.15, 0.2) is 0 Å². The van der Waals surface area contributed by atoms with E-state index in [0.717, 1.165) is 0 Å². The van der Waals surface area contributed by atoms with Crippen LogP contribution in [0.5, 0.6) is 0 Å². The van der Waals surface area contributed by atoms with E-state index in [0.29, 0.717) is 6.42 Å². The summed E-state index contributed by atoms with van der Waals surface area (Å²) in [6.45, 7) is 5.78. The molecule has 0 heterocycles. The number of carbonyl (C=O) groups is 5. The highest BCUT2D eigenvalue weighted by atomic mass is 16.4. The Balaban J connectivity index is 5.50. The van der Waals surface area contributed by atoms with E-state index in [2.05, 4.69) is 16.0 Å². The van der Waals surface area contributed by atoms with E-state index in [-0.39, 0.29) is 0 Å². The molecule has 0 aliphatic carbocycles. The van der Waals surface area contributed by atoms with Crippen molar-refractivity contribution in [2.75, 3.05) is 0 Å². The Labute approximate surface area is 179 Å². The lowest BCUT2D eigenvalue weighted by Gasteiger charge is -2.27. The number of hydrogen-bond acceptors (Lipinski definition) is 8. The molecular weight excluding hydrogens is 414 g/mol. The minimum absolute atomic E-state index is 0.435. The average Bonchev–Trinajstić information content (AvgIpc) is 2.66. The number of nitrogens with two attached hydrogens (primary N) is 2. The molecule has 0 spiro atoms. The molecule has 0 aromatic rings. The molecule has 4 amide bonds. The summed E-state index contributed by atoms with van der Waals surface area (Å²) in [7, 11) is 0. The molecule has 13 heteroatoms. The van der Waals surface area contributed by atoms with E-state index < -0.39 is 78.3 Å². The lowest BCUT2D eigenvalue weighted by Crippen LogP contribution is -2.61. The highest BCUT2D eigenvalue weighted by Gasteiger charge is 2.34. The number of aliphatic hydroxyl groups is 2. The Bertz CT molecular complexity index is 669. The van der Waals surface area contributed by atoms with E-state index in [4.69, 9.17) is 11.5 Å². The summed E-state index contributed by atoms with van der Waals surface area (Å²) >= 11 is 0. The normalized spacial score (nSPS) is 17.8. The predicted octanol–water partition coefficient (Wildman–Crippen LogP) is -3.46. The molecule has 0 saturated carbocycles. The van der Waals surface area contributed by atoms with Crippen molar-refractivity contribution < 1.29 is 39.3 Å². The molecule has 0 fully saturated rings. The van der Waals surface area contributed by atoms with E-state index in [1.165, 1.54) is 13.8 Å². The van der Waals surface area contributed by atoms with Crippen molar-refractivity contribution in [1.82, 2.24) is 16.0 Å². The Morgan fingerprint density at radius 2 is 1.35 bits per heavy atom. The number of nitrogens with one attached hydrogen (secondary N) is 3. The lowest BCUT2D eigenvalue weighted by molar-refractivity contribution is -0.144. The largest absolute Gasteiger partial charge is 0.480 e. The first-order valence-corrected chi connectivity index (χ1v) is 9.76. The number of carboxylic acid groups (broad SMARTS) is 1. The molecule has 7 unspecified atom stereocenters. The molecule has 10 N–H and O–H groups in total. The van der Waals surface area contributed by atoms with Crippen molar-refractivity contribution in [3.05, 3.63) is 0 Å². The standard InChI is InChI=1S/C18H33N5O8/c1-5-7(2)13(18(30)31)22-17(29)14(9(4)25)23-15(27)10(6-11(19)26)21-16(28)12(20)8(3)24/h7-10,12-14,24-25H,5-6,20H2,1-4H3,(H2,19,26)(H,21,28)(H,22,29)(H,23,27)(H,30,31). The number of aliphatic carboxylic acids is 1. The van der Waals surface area contributed by atoms with Crippen LogP contribution in [-0.4, -0.2) is 81.3 Å². The number of hydrogen-bond donors (Lipinski definition) is 8. The molecule has 13 nitrogen and oxygen atoms in total. The summed E-state index contributed by atoms with van der Waals surface area (Å²) in [5.41, 5.74) is 10.6. The number of rotatable bonds is 13. The van der Waals surface area contributed by atoms with Crippen LogP contribution in [0.4, 0.5) is 0 Å². The van der Waals surface area contributed by atoms with Gasteiger partial charge >= 0.3 is 5.97 Å². The predicted molar refractivity (Wildman–Crippen MR) is 108 cm³/mol. The van der Waals surface area contributed by atoms with Gasteiger partial charge in [0.2, 0.25) is 23.6 Å². The molecule has 0 aliphatic heterocycles. The van der Waals surface area contributed by atoms with E-state index in [1.807, 2.05) is 0 Å². The fraction of sp³-hybridized carbons (Fsp3) is 0.722. The first-order chi connectivity index (χ1) is 14.2. The smallest absolute Gasteiger partial charge is 0.326 e. The third-order valence-corrected chi connectivity index (χ3v) is 4.70. The van der Waals surface area contributed by atoms with Crippen molar-refractivity contribution in [2.24, 2.45) is 17.4 Å². The second-order valence-electron chi connectivity index (χ2n) is 7.43. The monoisotopic (exact) mass is 447 g/mol. The van der Waals surface area contributed by atoms with Crippen LogP contribution in [0, 0.1) is 5.92 Å². The molecule has 0 rings (SSSR count). The van der Waals surface area contributed by atoms with Crippen molar-refractivity contribution in [1.29, 1.82) is 0 Å². The van der Waals surface area contributed by atoms with E-state index in [1.54, 1.807) is 13.8 Å². The van der Waals surface area contributed by atoms with Crippen molar-refractivity contribution in [3.8, 4) is 0 Å². The first kappa shape index (κ1) is 28.2. The molecule has 0 aromatic carbocycles. The van der Waals surface area contributed by atoms with Crippen LogP contribution in [0.1, 0.15) is 40.5 Å². The molecule has 31 heavy (non-hydrogen) atoms. The zero-order chi connectivity index (χ0) is 24.5. The van der Waals surface area contributed by atoms with Gasteiger partial charge in [-0.25, -0.2) is 4.79 Å². The zero-order valence-electron chi connectivity index (χ0n) is 18.0. The number of aliphatic hydroxyl groups excluding tert-OH is 2. The Morgan fingerprint density at radius 1 is 0.839 bits per heavy atom. The van der Waals surface area contributed by atoms with Crippen LogP contribution in [0.25, 0.3) is 0 Å². The molecule has 178 valence electrons. The summed E-state index contributed by atoms with van der Waals surface area (Å²) in [6, 6.07) is -5.79. The minimum atomic E-state index is -1.59. The number of primary amides is 1. The maximum Gasteiger partial charge on any atom is 0.326 e. The van der Waals surface area contributed by atoms with Gasteiger partial charge in [0.25, 0.3) is 0 Å². The molecule has 0 bridgehead atoms. The summed E-state index contributed by atoms with van der Waals surface area (Å²) in [6.07, 6.45) is -2.90. The maximum absolute atomic E-state index is 12.6. The number of carboxylic acids is 1. The van der Waals surface area contributed by atoms with Crippen LogP contribution >= 0.6 is 0 Å². The summed E-state index contributed by atoms with van der Waals surface area (Å²) in [5.74, 6) is -5.63. The van der Waals surface area contributed by atoms with Gasteiger partial charge in [0.05, 0.1) is 18.6 Å². The Hall–Kier alpha value is -2.77. The summed E-state index contributed by atoms with van der Waals surface area (Å²) < 4.78 is 0. The number of carbonyl (C=O) groups excluding carboxylic acids is 4. The molecule has 0 aliphatic rings. The SMILES string of the molecule is CCC(C)C(NC(=O)C(NC(=O)C(CC(N)=O)NC(=O)C(N)C(C)O)C(C)O)C(=O)O. The van der Waals surface area contributed by atoms with Gasteiger partial charge in [-0.05, 0) is 19.8 Å². The Kier molecular flexibility index (Phi) is 11.7. The number of amides is 4. The van der Waals surface area contributed by atoms with Crippen LogP contribution in [0.2, 0.25) is 0 Å². The fourth-order valence-corrected chi connectivity index (χ4v) is 2.48. The Morgan fingerprint density at radius 3 is 1.74 bits per heavy atom. The van der Waals surface area contributed by atoms with Gasteiger partial charge in [-0.2, -0.15) is 0 Å². The molecular formula is C18H33N5O8. The summed E-state index contributed by atoms with van der Waals surface area (Å²) in [4.78, 5) is 59.9. The molecule has 0 radical (unpaired) electrons. The van der Waals surface area contributed by atoms with Crippen molar-refractivity contribution in [2.45, 2.75) is 76.9 Å². The van der Waals surface area contributed by atoms with Gasteiger partial charge in [-0.15, -0.1) is 0 Å². The second-order valence-corrected chi connectivity index (χ2v) is 7.43. The van der Waals surface area contributed by atoms with E-state index >= 15 is 0 Å². The lowest BCUT2D eigenvalue weighted by atomic mass is 9.98. The van der Waals surface area contributed by atoms with Gasteiger partial charge in [-0.3, -0.25) is 19.2 Å². The van der Waals surface area contributed by atoms with Gasteiger partial charge in [0.1, 0.15) is 24.2 Å². The second kappa shape index (κ2) is 12.8. The zero-order valence-corrected chi connectivity index (χ0v) is 18.0. The topological polar surface area (TPSA) is 234 Å². The minimum Gasteiger partial charge on any atom is -0.480 e. The van der Waals surface area contributed by atoms with Gasteiger partial charge < -0.3 is 42.7 Å². The quantitative estimate of drug-likeness (QED) is 0.140. The van der Waals surface area contributed by atoms with Crippen LogP contribution < -0.4 is 27.4 Å². The van der Waals surface area contributed by atoms with Crippen LogP contribution in [0.3, 0.4) is 0 Å². The highest BCUT2D eigenvalue weighted by Crippen LogP contribution is 2.09. The molecule has 0 aromatic heterocycles. The molecule has 7 atom stereocenters. The van der Waals surface area contributed by atoms with Crippen molar-refractivity contribution in [3.63, 3.8) is 0 Å². The third-order valence-electron chi connectivity index (χ3n) is 4.70. The average molecular weight is 447 g/mol. The van der Waals surface area contributed by atoms with Crippen LogP contribution in [-0.2, 0) is 24.0 Å². The van der Waals surface area contributed by atoms with Crippen molar-refractivity contribution >= 4 is 29.6 Å². The van der Waals surface area contributed by atoms with Gasteiger partial charge in [-0.1, -0.05) is 20.3 Å². The first-order valence-electron chi connectivity index (χ1n) is 9.76. The highest BCUT2D eigenvalue weighted by molar-refractivity contribution is 5.96. The summed E-state index contributed by atoms with van der Waals surface area (Å²) in [5, 5.41) is 35.2. The van der Waals surface area contributed by atoms with Gasteiger partial charge in [0.15, 0.2) is 0 Å². The third kappa shape index (κ3) is 9.27. The molecule has 0 saturated heterocycles. The van der Waals surface area contributed by atoms with E-state index in [9.17, 15) is 39.3 Å². The fourth-order valence-electron chi connectivity index (χ4n) is 2.48.